The lowest BCUT2D eigenvalue weighted by Gasteiger charge is -2.23. The number of aromatic nitrogens is 3. The van der Waals surface area contributed by atoms with E-state index in [1.54, 1.807) is 0 Å². The van der Waals surface area contributed by atoms with Gasteiger partial charge in [0.25, 0.3) is 0 Å². The minimum atomic E-state index is 0.124. The van der Waals surface area contributed by atoms with E-state index in [1.807, 2.05) is 115 Å². The van der Waals surface area contributed by atoms with Gasteiger partial charge in [-0.1, -0.05) is 120 Å². The van der Waals surface area contributed by atoms with Crippen LogP contribution in [0.3, 0.4) is 0 Å². The van der Waals surface area contributed by atoms with Crippen molar-refractivity contribution >= 4 is 113 Å². The van der Waals surface area contributed by atoms with Crippen molar-refractivity contribution in [2.75, 3.05) is 0 Å². The molecule has 0 aliphatic rings. The predicted molar refractivity (Wildman–Crippen MR) is 224 cm³/mol. The highest BCUT2D eigenvalue weighted by Crippen LogP contribution is 2.40. The molecular weight excluding hydrogens is 639 g/mol. The largest absolute Gasteiger partial charge is 0.457 e. The summed E-state index contributed by atoms with van der Waals surface area (Å²) in [5.74, 6) is 1.71. The van der Waals surface area contributed by atoms with Crippen LogP contribution in [0.1, 0.15) is 0 Å². The lowest BCUT2D eigenvalue weighted by Crippen LogP contribution is -2.55. The number of hydrogen-bond acceptors (Lipinski definition) is 4. The van der Waals surface area contributed by atoms with Crippen LogP contribution in [0.25, 0.3) is 89.1 Å². The van der Waals surface area contributed by atoms with Crippen LogP contribution >= 0.6 is 0 Å². The molecule has 0 bridgehead atoms. The maximum atomic E-state index is 6.95. The van der Waals surface area contributed by atoms with Crippen LogP contribution in [-0.2, 0) is 0 Å². The summed E-state index contributed by atoms with van der Waals surface area (Å²) in [6.07, 6.45) is 0. The van der Waals surface area contributed by atoms with E-state index in [9.17, 15) is 0 Å². The Hall–Kier alpha value is -6.00. The fourth-order valence-electron chi connectivity index (χ4n) is 6.97. The molecule has 0 aliphatic carbocycles. The van der Waals surface area contributed by atoms with Gasteiger partial charge in [-0.25, -0.2) is 15.0 Å². The van der Waals surface area contributed by atoms with Crippen molar-refractivity contribution < 1.29 is 4.42 Å². The molecule has 0 unspecified atom stereocenters. The summed E-state index contributed by atoms with van der Waals surface area (Å²) in [4.78, 5) is 14.6. The first-order chi connectivity index (χ1) is 25.8. The summed E-state index contributed by atoms with van der Waals surface area (Å²) in [6, 6.07) is 42.0. The molecule has 9 aromatic rings. The number of rotatable bonds is 5. The van der Waals surface area contributed by atoms with E-state index in [1.165, 1.54) is 0 Å². The van der Waals surface area contributed by atoms with Gasteiger partial charge in [0, 0.05) is 27.5 Å². The molecule has 0 aliphatic heterocycles. The normalized spacial score (nSPS) is 11.5. The van der Waals surface area contributed by atoms with Crippen molar-refractivity contribution in [1.82, 2.24) is 15.0 Å². The van der Waals surface area contributed by atoms with Crippen LogP contribution < -0.4 is 32.8 Å². The SMILES string of the molecule is [B]c1c([B])c([B])c(-c2cc(-c3ccc(-c4nc(-c5ccccc5)nc(-c5ccccc5)n4)cc3)c3c(oc4cc5ccccc5cc43)c2[B])c([B])c1[B]. The molecular formula is C43H21B6N3O. The molecule has 0 saturated heterocycles. The van der Waals surface area contributed by atoms with Crippen LogP contribution in [0.5, 0.6) is 0 Å². The van der Waals surface area contributed by atoms with Gasteiger partial charge in [-0.2, -0.15) is 0 Å². The Balaban J connectivity index is 1.27. The van der Waals surface area contributed by atoms with E-state index in [0.29, 0.717) is 45.2 Å². The molecule has 0 saturated carbocycles. The van der Waals surface area contributed by atoms with Crippen molar-refractivity contribution in [3.63, 3.8) is 0 Å². The number of benzene rings is 7. The van der Waals surface area contributed by atoms with Crippen LogP contribution in [0.2, 0.25) is 0 Å². The average molecular weight is 661 g/mol. The molecule has 2 heterocycles. The maximum absolute atomic E-state index is 6.95. The topological polar surface area (TPSA) is 51.8 Å². The molecule has 4 nitrogen and oxygen atoms in total. The van der Waals surface area contributed by atoms with E-state index in [4.69, 9.17) is 66.4 Å². The highest BCUT2D eigenvalue weighted by molar-refractivity contribution is 6.69. The van der Waals surface area contributed by atoms with Gasteiger partial charge in [-0.3, -0.25) is 0 Å². The lowest BCUT2D eigenvalue weighted by atomic mass is 9.59. The van der Waals surface area contributed by atoms with E-state index in [-0.39, 0.29) is 27.3 Å². The highest BCUT2D eigenvalue weighted by Gasteiger charge is 2.22. The van der Waals surface area contributed by atoms with Gasteiger partial charge in [-0.15, -0.1) is 16.4 Å². The lowest BCUT2D eigenvalue weighted by molar-refractivity contribution is 0.672. The smallest absolute Gasteiger partial charge is 0.164 e. The molecule has 2 aromatic heterocycles. The van der Waals surface area contributed by atoms with Crippen LogP contribution in [0, 0.1) is 0 Å². The first-order valence-corrected chi connectivity index (χ1v) is 16.9. The molecule has 232 valence electrons. The molecule has 7 aromatic carbocycles. The van der Waals surface area contributed by atoms with Crippen molar-refractivity contribution in [2.24, 2.45) is 0 Å². The number of furan rings is 1. The molecule has 12 radical (unpaired) electrons. The zero-order valence-corrected chi connectivity index (χ0v) is 28.3. The summed E-state index contributed by atoms with van der Waals surface area (Å²) < 4.78 is 6.56. The minimum absolute atomic E-state index is 0.124. The fourth-order valence-corrected chi connectivity index (χ4v) is 6.97. The third-order valence-electron chi connectivity index (χ3n) is 9.77. The van der Waals surface area contributed by atoms with Crippen LogP contribution in [0.15, 0.2) is 132 Å². The van der Waals surface area contributed by atoms with Crippen molar-refractivity contribution in [2.45, 2.75) is 0 Å². The fraction of sp³-hybridized carbons (Fsp3) is 0. The average Bonchev–Trinajstić information content (AvgIpc) is 3.58. The van der Waals surface area contributed by atoms with E-state index >= 15 is 0 Å². The first-order valence-electron chi connectivity index (χ1n) is 16.9. The quantitative estimate of drug-likeness (QED) is 0.262. The Morgan fingerprint density at radius 1 is 0.396 bits per heavy atom. The van der Waals surface area contributed by atoms with E-state index in [0.717, 1.165) is 49.4 Å². The van der Waals surface area contributed by atoms with Gasteiger partial charge >= 0.3 is 0 Å². The predicted octanol–water partition coefficient (Wildman–Crippen LogP) is 4.02. The zero-order valence-electron chi connectivity index (χ0n) is 28.3. The second kappa shape index (κ2) is 12.9. The first kappa shape index (κ1) is 32.9. The van der Waals surface area contributed by atoms with Crippen molar-refractivity contribution in [1.29, 1.82) is 0 Å². The van der Waals surface area contributed by atoms with Gasteiger partial charge in [-0.05, 0) is 56.7 Å². The summed E-state index contributed by atoms with van der Waals surface area (Å²) in [5.41, 5.74) is 7.49. The molecule has 0 spiro atoms. The standard InChI is InChI=1S/C43H21B6N3O/c44-34-30(33-35(45)37(47)39(49)38(48)36(33)46)21-28(32-29-19-26-13-7-8-14-27(26)20-31(29)53-40(32)34)22-15-17-25(18-16-22)43-51-41(23-9-3-1-4-10-23)50-42(52-43)24-11-5-2-6-12-24/h1-21H. The molecule has 0 atom stereocenters. The zero-order chi connectivity index (χ0) is 36.4. The van der Waals surface area contributed by atoms with Gasteiger partial charge in [0.05, 0.1) is 0 Å². The van der Waals surface area contributed by atoms with Crippen molar-refractivity contribution in [3.8, 4) is 56.4 Å². The molecule has 0 N–H and O–H groups in total. The monoisotopic (exact) mass is 661 g/mol. The molecule has 53 heavy (non-hydrogen) atoms. The molecule has 10 heteroatoms. The van der Waals surface area contributed by atoms with Gasteiger partial charge in [0.1, 0.15) is 58.2 Å². The van der Waals surface area contributed by atoms with Gasteiger partial charge in [0.15, 0.2) is 17.5 Å². The highest BCUT2D eigenvalue weighted by atomic mass is 16.3. The van der Waals surface area contributed by atoms with Crippen molar-refractivity contribution in [3.05, 3.63) is 127 Å². The summed E-state index contributed by atoms with van der Waals surface area (Å²) in [5, 5.41) is 3.85. The van der Waals surface area contributed by atoms with Crippen LogP contribution in [0.4, 0.5) is 0 Å². The van der Waals surface area contributed by atoms with Gasteiger partial charge < -0.3 is 4.42 Å². The minimum Gasteiger partial charge on any atom is -0.457 e. The summed E-state index contributed by atoms with van der Waals surface area (Å²) in [6.45, 7) is 0. The second-order valence-corrected chi connectivity index (χ2v) is 12.9. The van der Waals surface area contributed by atoms with E-state index in [2.05, 4.69) is 12.1 Å². The van der Waals surface area contributed by atoms with Gasteiger partial charge in [0.2, 0.25) is 0 Å². The molecule has 9 rings (SSSR count). The van der Waals surface area contributed by atoms with Crippen LogP contribution in [-0.4, -0.2) is 62.0 Å². The Kier molecular flexibility index (Phi) is 8.00. The third-order valence-corrected chi connectivity index (χ3v) is 9.77. The second-order valence-electron chi connectivity index (χ2n) is 12.9. The summed E-state index contributed by atoms with van der Waals surface area (Å²) in [7, 11) is 38.9. The Morgan fingerprint density at radius 2 is 0.849 bits per heavy atom. The Bertz CT molecular complexity index is 2810. The number of hydrogen-bond donors (Lipinski definition) is 0. The molecule has 0 amide bonds. The maximum Gasteiger partial charge on any atom is 0.164 e. The van der Waals surface area contributed by atoms with E-state index < -0.39 is 0 Å². The number of nitrogens with zero attached hydrogens (tertiary/aromatic N) is 3. The molecule has 0 fully saturated rings. The third kappa shape index (κ3) is 5.52. The Labute approximate surface area is 314 Å². The number of fused-ring (bicyclic) bond motifs is 4. The summed E-state index contributed by atoms with van der Waals surface area (Å²) >= 11 is 0. The Morgan fingerprint density at radius 3 is 1.40 bits per heavy atom.